The van der Waals surface area contributed by atoms with Crippen molar-refractivity contribution < 1.29 is 4.79 Å². The molecule has 2 N–H and O–H groups in total. The minimum absolute atomic E-state index is 0.0578. The highest BCUT2D eigenvalue weighted by molar-refractivity contribution is 5.92. The first-order valence-corrected chi connectivity index (χ1v) is 8.81. The second kappa shape index (κ2) is 6.40. The summed E-state index contributed by atoms with van der Waals surface area (Å²) in [5.41, 5.74) is 1.94. The number of amides is 1. The van der Waals surface area contributed by atoms with Crippen molar-refractivity contribution in [1.82, 2.24) is 14.9 Å². The molecular formula is C19H24N4O. The maximum absolute atomic E-state index is 12.7. The van der Waals surface area contributed by atoms with E-state index in [0.29, 0.717) is 11.9 Å². The number of imidazole rings is 1. The zero-order valence-electron chi connectivity index (χ0n) is 14.0. The molecule has 1 aromatic heterocycles. The van der Waals surface area contributed by atoms with Crippen LogP contribution in [0.25, 0.3) is 11.3 Å². The molecule has 0 spiro atoms. The molecule has 126 valence electrons. The van der Waals surface area contributed by atoms with Gasteiger partial charge in [0.1, 0.15) is 0 Å². The number of rotatable bonds is 5. The Kier molecular flexibility index (Phi) is 4.10. The Labute approximate surface area is 142 Å². The fourth-order valence-corrected chi connectivity index (χ4v) is 3.60. The molecule has 0 radical (unpaired) electrons. The number of carbonyl (C=O) groups is 1. The number of benzene rings is 1. The first kappa shape index (κ1) is 15.4. The van der Waals surface area contributed by atoms with Crippen LogP contribution < -0.4 is 10.6 Å². The third kappa shape index (κ3) is 3.22. The van der Waals surface area contributed by atoms with Gasteiger partial charge in [-0.3, -0.25) is 10.1 Å². The molecule has 1 aliphatic heterocycles. The summed E-state index contributed by atoms with van der Waals surface area (Å²) in [5.74, 6) is 2.09. The smallest absolute Gasteiger partial charge is 0.231 e. The highest BCUT2D eigenvalue weighted by atomic mass is 16.2. The van der Waals surface area contributed by atoms with Crippen molar-refractivity contribution in [3.63, 3.8) is 0 Å². The molecule has 2 atom stereocenters. The number of aryl methyl sites for hydroxylation is 1. The van der Waals surface area contributed by atoms with E-state index >= 15 is 0 Å². The molecule has 1 saturated heterocycles. The standard InChI is InChI=1S/C19H24N4O/c1-23-12-17(14-5-3-2-4-6-14)21-19(23)22-18(24)16-11-20-10-15(16)9-13-7-8-13/h2-6,12-13,15-16,20H,7-11H2,1H3,(H,21,22,24)/t15-,16-/m1/s1. The van der Waals surface area contributed by atoms with E-state index in [4.69, 9.17) is 0 Å². The fourth-order valence-electron chi connectivity index (χ4n) is 3.60. The average molecular weight is 324 g/mol. The summed E-state index contributed by atoms with van der Waals surface area (Å²) >= 11 is 0. The van der Waals surface area contributed by atoms with Gasteiger partial charge in [0.05, 0.1) is 11.6 Å². The normalized spacial score (nSPS) is 23.4. The predicted molar refractivity (Wildman–Crippen MR) is 94.5 cm³/mol. The number of hydrogen-bond acceptors (Lipinski definition) is 3. The van der Waals surface area contributed by atoms with Crippen LogP contribution in [0.1, 0.15) is 19.3 Å². The lowest BCUT2D eigenvalue weighted by molar-refractivity contribution is -0.120. The largest absolute Gasteiger partial charge is 0.320 e. The van der Waals surface area contributed by atoms with E-state index in [0.717, 1.165) is 30.3 Å². The minimum Gasteiger partial charge on any atom is -0.320 e. The molecule has 24 heavy (non-hydrogen) atoms. The number of anilines is 1. The van der Waals surface area contributed by atoms with Crippen LogP contribution >= 0.6 is 0 Å². The number of carbonyl (C=O) groups excluding carboxylic acids is 1. The van der Waals surface area contributed by atoms with Gasteiger partial charge in [-0.15, -0.1) is 0 Å². The summed E-state index contributed by atoms with van der Waals surface area (Å²) in [6.45, 7) is 1.74. The molecule has 5 heteroatoms. The SMILES string of the molecule is Cn1cc(-c2ccccc2)nc1NC(=O)[C@@H]1CNC[C@H]1CC1CC1. The van der Waals surface area contributed by atoms with Crippen molar-refractivity contribution in [3.05, 3.63) is 36.5 Å². The van der Waals surface area contributed by atoms with E-state index in [1.165, 1.54) is 19.3 Å². The summed E-state index contributed by atoms with van der Waals surface area (Å²) in [6, 6.07) is 10.0. The van der Waals surface area contributed by atoms with E-state index in [2.05, 4.69) is 15.6 Å². The molecule has 4 rings (SSSR count). The van der Waals surface area contributed by atoms with Gasteiger partial charge in [0.25, 0.3) is 0 Å². The van der Waals surface area contributed by atoms with Crippen LogP contribution in [0.4, 0.5) is 5.95 Å². The molecule has 0 bridgehead atoms. The lowest BCUT2D eigenvalue weighted by atomic mass is 9.90. The summed E-state index contributed by atoms with van der Waals surface area (Å²) in [7, 11) is 1.92. The van der Waals surface area contributed by atoms with Gasteiger partial charge in [0.2, 0.25) is 11.9 Å². The van der Waals surface area contributed by atoms with Gasteiger partial charge >= 0.3 is 0 Å². The van der Waals surface area contributed by atoms with Gasteiger partial charge in [0, 0.05) is 25.4 Å². The molecule has 2 heterocycles. The van der Waals surface area contributed by atoms with Gasteiger partial charge < -0.3 is 9.88 Å². The van der Waals surface area contributed by atoms with Gasteiger partial charge in [0.15, 0.2) is 0 Å². The topological polar surface area (TPSA) is 59.0 Å². The molecule has 2 aliphatic rings. The Hall–Kier alpha value is -2.14. The van der Waals surface area contributed by atoms with Crippen LogP contribution in [0.3, 0.4) is 0 Å². The van der Waals surface area contributed by atoms with Gasteiger partial charge in [-0.2, -0.15) is 0 Å². The van der Waals surface area contributed by atoms with Crippen LogP contribution in [-0.4, -0.2) is 28.5 Å². The molecular weight excluding hydrogens is 300 g/mol. The van der Waals surface area contributed by atoms with Crippen LogP contribution in [0.2, 0.25) is 0 Å². The van der Waals surface area contributed by atoms with E-state index in [1.54, 1.807) is 0 Å². The molecule has 2 fully saturated rings. The lowest BCUT2D eigenvalue weighted by Crippen LogP contribution is -2.30. The van der Waals surface area contributed by atoms with Crippen molar-refractivity contribution in [3.8, 4) is 11.3 Å². The molecule has 1 aromatic carbocycles. The third-order valence-corrected chi connectivity index (χ3v) is 5.19. The Morgan fingerprint density at radius 3 is 2.83 bits per heavy atom. The van der Waals surface area contributed by atoms with Gasteiger partial charge in [-0.1, -0.05) is 43.2 Å². The van der Waals surface area contributed by atoms with Crippen LogP contribution in [0, 0.1) is 17.8 Å². The number of nitrogens with one attached hydrogen (secondary N) is 2. The van der Waals surface area contributed by atoms with E-state index in [1.807, 2.05) is 48.1 Å². The number of aromatic nitrogens is 2. The third-order valence-electron chi connectivity index (χ3n) is 5.19. The predicted octanol–water partition coefficient (Wildman–Crippen LogP) is 2.66. The number of nitrogens with zero attached hydrogens (tertiary/aromatic N) is 2. The summed E-state index contributed by atoms with van der Waals surface area (Å²) in [4.78, 5) is 17.3. The number of hydrogen-bond donors (Lipinski definition) is 2. The second-order valence-corrected chi connectivity index (χ2v) is 7.12. The Morgan fingerprint density at radius 1 is 1.29 bits per heavy atom. The Morgan fingerprint density at radius 2 is 2.08 bits per heavy atom. The summed E-state index contributed by atoms with van der Waals surface area (Å²) < 4.78 is 1.89. The first-order valence-electron chi connectivity index (χ1n) is 8.81. The minimum atomic E-state index is 0.0578. The zero-order chi connectivity index (χ0) is 16.5. The van der Waals surface area contributed by atoms with Crippen LogP contribution in [-0.2, 0) is 11.8 Å². The van der Waals surface area contributed by atoms with Crippen LogP contribution in [0.5, 0.6) is 0 Å². The molecule has 5 nitrogen and oxygen atoms in total. The Bertz CT molecular complexity index is 720. The van der Waals surface area contributed by atoms with Crippen molar-refractivity contribution in [2.75, 3.05) is 18.4 Å². The lowest BCUT2D eigenvalue weighted by Gasteiger charge is -2.17. The summed E-state index contributed by atoms with van der Waals surface area (Å²) in [5, 5.41) is 6.42. The van der Waals surface area contributed by atoms with E-state index in [9.17, 15) is 4.79 Å². The van der Waals surface area contributed by atoms with Crippen molar-refractivity contribution >= 4 is 11.9 Å². The van der Waals surface area contributed by atoms with E-state index < -0.39 is 0 Å². The molecule has 1 saturated carbocycles. The molecule has 0 unspecified atom stereocenters. The maximum Gasteiger partial charge on any atom is 0.231 e. The fraction of sp³-hybridized carbons (Fsp3) is 0.474. The van der Waals surface area contributed by atoms with Crippen molar-refractivity contribution in [2.45, 2.75) is 19.3 Å². The monoisotopic (exact) mass is 324 g/mol. The van der Waals surface area contributed by atoms with Gasteiger partial charge in [-0.05, 0) is 24.8 Å². The van der Waals surface area contributed by atoms with Gasteiger partial charge in [-0.25, -0.2) is 4.98 Å². The average Bonchev–Trinajstić information content (AvgIpc) is 3.15. The summed E-state index contributed by atoms with van der Waals surface area (Å²) in [6.07, 6.45) is 5.82. The Balaban J connectivity index is 1.46. The van der Waals surface area contributed by atoms with Crippen LogP contribution in [0.15, 0.2) is 36.5 Å². The second-order valence-electron chi connectivity index (χ2n) is 7.12. The van der Waals surface area contributed by atoms with Crippen molar-refractivity contribution in [1.29, 1.82) is 0 Å². The highest BCUT2D eigenvalue weighted by Gasteiger charge is 2.37. The first-order chi connectivity index (χ1) is 11.7. The molecule has 1 amide bonds. The van der Waals surface area contributed by atoms with Crippen molar-refractivity contribution in [2.24, 2.45) is 24.8 Å². The molecule has 2 aromatic rings. The maximum atomic E-state index is 12.7. The highest BCUT2D eigenvalue weighted by Crippen LogP contribution is 2.38. The van der Waals surface area contributed by atoms with E-state index in [-0.39, 0.29) is 11.8 Å². The zero-order valence-corrected chi connectivity index (χ0v) is 14.0. The quantitative estimate of drug-likeness (QED) is 0.889. The molecule has 1 aliphatic carbocycles.